The van der Waals surface area contributed by atoms with Crippen LogP contribution in [0.2, 0.25) is 0 Å². The van der Waals surface area contributed by atoms with Crippen LogP contribution in [0.3, 0.4) is 0 Å². The van der Waals surface area contributed by atoms with Crippen LogP contribution >= 0.6 is 0 Å². The molecule has 1 aliphatic heterocycles. The molecule has 1 aromatic carbocycles. The Morgan fingerprint density at radius 1 is 1.44 bits per heavy atom. The molecule has 2 aromatic heterocycles. The number of fused-ring (bicyclic) bond motifs is 1. The average molecular weight is 365 g/mol. The molecule has 0 amide bonds. The van der Waals surface area contributed by atoms with Crippen LogP contribution in [-0.2, 0) is 0 Å². The fourth-order valence-electron chi connectivity index (χ4n) is 3.34. The number of nitrogens with one attached hydrogen (secondary N) is 1. The summed E-state index contributed by atoms with van der Waals surface area (Å²) in [6, 6.07) is 7.80. The monoisotopic (exact) mass is 365 g/mol. The number of anilines is 3. The number of methoxy groups -OCH3 is 1. The van der Waals surface area contributed by atoms with Crippen LogP contribution in [0.1, 0.15) is 18.4 Å². The number of nitrogens with zero attached hydrogens (tertiary/aromatic N) is 5. The molecule has 0 saturated carbocycles. The molecule has 3 N–H and O–H groups in total. The number of hydrogen-bond acceptors (Lipinski definition) is 9. The minimum absolute atomic E-state index is 0.129. The van der Waals surface area contributed by atoms with Gasteiger partial charge in [-0.25, -0.2) is 4.98 Å². The lowest BCUT2D eigenvalue weighted by Gasteiger charge is -2.33. The summed E-state index contributed by atoms with van der Waals surface area (Å²) in [7, 11) is 1.48. The molecule has 0 bridgehead atoms. The molecule has 4 rings (SSSR count). The predicted octanol–water partition coefficient (Wildman–Crippen LogP) is 2.16. The summed E-state index contributed by atoms with van der Waals surface area (Å²) < 4.78 is 10.6. The van der Waals surface area contributed by atoms with Crippen molar-refractivity contribution in [2.24, 2.45) is 0 Å². The van der Waals surface area contributed by atoms with Crippen molar-refractivity contribution in [2.75, 3.05) is 36.1 Å². The van der Waals surface area contributed by atoms with Gasteiger partial charge in [0, 0.05) is 19.1 Å². The molecule has 3 heterocycles. The molecule has 27 heavy (non-hydrogen) atoms. The molecule has 138 valence electrons. The third kappa shape index (κ3) is 3.17. The summed E-state index contributed by atoms with van der Waals surface area (Å²) in [6.45, 7) is 1.61. The fourth-order valence-corrected chi connectivity index (χ4v) is 3.34. The molecule has 1 atom stereocenters. The summed E-state index contributed by atoms with van der Waals surface area (Å²) >= 11 is 0. The lowest BCUT2D eigenvalue weighted by molar-refractivity contribution is 0.395. The summed E-state index contributed by atoms with van der Waals surface area (Å²) in [5.41, 5.74) is 7.46. The zero-order valence-electron chi connectivity index (χ0n) is 14.8. The van der Waals surface area contributed by atoms with Crippen LogP contribution in [0.5, 0.6) is 5.88 Å². The molecule has 0 spiro atoms. The largest absolute Gasteiger partial charge is 0.480 e. The number of piperidine rings is 1. The predicted molar refractivity (Wildman–Crippen MR) is 101 cm³/mol. The first kappa shape index (κ1) is 16.9. The zero-order valence-corrected chi connectivity index (χ0v) is 14.8. The first-order valence-corrected chi connectivity index (χ1v) is 8.66. The molecule has 0 aliphatic carbocycles. The molecule has 1 unspecified atom stereocenters. The van der Waals surface area contributed by atoms with E-state index in [1.165, 1.54) is 13.3 Å². The Kier molecular flexibility index (Phi) is 4.38. The molecule has 1 aliphatic rings. The maximum absolute atomic E-state index is 9.05. The van der Waals surface area contributed by atoms with E-state index in [1.54, 1.807) is 6.07 Å². The first-order valence-electron chi connectivity index (χ1n) is 8.66. The quantitative estimate of drug-likeness (QED) is 0.669. The van der Waals surface area contributed by atoms with Crippen LogP contribution in [0.4, 0.5) is 17.5 Å². The van der Waals surface area contributed by atoms with Gasteiger partial charge in [-0.2, -0.15) is 10.2 Å². The number of benzene rings is 1. The molecule has 1 saturated heterocycles. The number of ether oxygens (including phenoxy) is 1. The Balaban J connectivity index is 1.53. The number of nitrogens with two attached hydrogens (primary N) is 1. The van der Waals surface area contributed by atoms with E-state index >= 15 is 0 Å². The van der Waals surface area contributed by atoms with Crippen LogP contribution < -0.4 is 20.7 Å². The third-order valence-electron chi connectivity index (χ3n) is 4.63. The van der Waals surface area contributed by atoms with Gasteiger partial charge in [-0.15, -0.1) is 0 Å². The van der Waals surface area contributed by atoms with E-state index in [0.717, 1.165) is 37.1 Å². The van der Waals surface area contributed by atoms with E-state index < -0.39 is 0 Å². The molecular weight excluding hydrogens is 346 g/mol. The summed E-state index contributed by atoms with van der Waals surface area (Å²) in [6.07, 6.45) is 3.42. The smallest absolute Gasteiger partial charge is 0.236 e. The zero-order chi connectivity index (χ0) is 18.8. The highest BCUT2D eigenvalue weighted by Gasteiger charge is 2.25. The standard InChI is InChI=1S/C18H19N7O2/c1-26-17-11(8-19)9-21-18(23-17)22-12-4-3-7-25(10-12)16-13-5-2-6-14(20)15(13)27-24-16/h2,5-6,9,12H,3-4,7,10,20H2,1H3,(H,21,22,23). The second-order valence-corrected chi connectivity index (χ2v) is 6.39. The van der Waals surface area contributed by atoms with Crippen molar-refractivity contribution in [3.8, 4) is 11.9 Å². The molecule has 9 nitrogen and oxygen atoms in total. The van der Waals surface area contributed by atoms with Crippen molar-refractivity contribution >= 4 is 28.4 Å². The van der Waals surface area contributed by atoms with Crippen molar-refractivity contribution in [1.29, 1.82) is 5.26 Å². The summed E-state index contributed by atoms with van der Waals surface area (Å²) in [5.74, 6) is 1.50. The molecule has 1 fully saturated rings. The maximum atomic E-state index is 9.05. The van der Waals surface area contributed by atoms with Crippen LogP contribution in [-0.4, -0.2) is 41.4 Å². The van der Waals surface area contributed by atoms with Crippen LogP contribution in [0, 0.1) is 11.3 Å². The van der Waals surface area contributed by atoms with E-state index in [1.807, 2.05) is 18.2 Å². The van der Waals surface area contributed by atoms with Gasteiger partial charge in [0.25, 0.3) is 0 Å². The highest BCUT2D eigenvalue weighted by molar-refractivity contribution is 5.95. The minimum atomic E-state index is 0.129. The van der Waals surface area contributed by atoms with Crippen molar-refractivity contribution < 1.29 is 9.26 Å². The number of nitrogen functional groups attached to an aromatic ring is 1. The lowest BCUT2D eigenvalue weighted by Crippen LogP contribution is -2.42. The number of para-hydroxylation sites is 1. The fraction of sp³-hybridized carbons (Fsp3) is 0.333. The van der Waals surface area contributed by atoms with Gasteiger partial charge in [0.15, 0.2) is 11.4 Å². The van der Waals surface area contributed by atoms with Crippen molar-refractivity contribution in [3.05, 3.63) is 30.0 Å². The van der Waals surface area contributed by atoms with E-state index in [2.05, 4.69) is 25.3 Å². The average Bonchev–Trinajstić information content (AvgIpc) is 3.13. The highest BCUT2D eigenvalue weighted by atomic mass is 16.5. The Labute approximate surface area is 155 Å². The number of hydrogen-bond donors (Lipinski definition) is 2. The molecular formula is C18H19N7O2. The number of nitriles is 1. The van der Waals surface area contributed by atoms with Crippen molar-refractivity contribution in [2.45, 2.75) is 18.9 Å². The lowest BCUT2D eigenvalue weighted by atomic mass is 10.1. The number of aromatic nitrogens is 3. The second kappa shape index (κ2) is 6.99. The summed E-state index contributed by atoms with van der Waals surface area (Å²) in [5, 5.41) is 17.5. The highest BCUT2D eigenvalue weighted by Crippen LogP contribution is 2.31. The van der Waals surface area contributed by atoms with Gasteiger partial charge in [0.2, 0.25) is 11.8 Å². The van der Waals surface area contributed by atoms with Gasteiger partial charge < -0.3 is 25.2 Å². The Morgan fingerprint density at radius 2 is 2.33 bits per heavy atom. The van der Waals surface area contributed by atoms with Crippen molar-refractivity contribution in [1.82, 2.24) is 15.1 Å². The van der Waals surface area contributed by atoms with Gasteiger partial charge in [-0.05, 0) is 25.0 Å². The SMILES string of the molecule is COc1nc(NC2CCCN(c3noc4c(N)cccc34)C2)ncc1C#N. The van der Waals surface area contributed by atoms with Gasteiger partial charge in [0.1, 0.15) is 11.6 Å². The van der Waals surface area contributed by atoms with Crippen LogP contribution in [0.15, 0.2) is 28.9 Å². The topological polar surface area (TPSA) is 126 Å². The molecule has 9 heteroatoms. The van der Waals surface area contributed by atoms with Gasteiger partial charge in [0.05, 0.1) is 24.4 Å². The van der Waals surface area contributed by atoms with Gasteiger partial charge in [-0.3, -0.25) is 0 Å². The normalized spacial score (nSPS) is 16.9. The van der Waals surface area contributed by atoms with E-state index in [0.29, 0.717) is 22.8 Å². The van der Waals surface area contributed by atoms with Crippen molar-refractivity contribution in [3.63, 3.8) is 0 Å². The van der Waals surface area contributed by atoms with E-state index in [4.69, 9.17) is 20.3 Å². The number of rotatable bonds is 4. The second-order valence-electron chi connectivity index (χ2n) is 6.39. The van der Waals surface area contributed by atoms with Gasteiger partial charge >= 0.3 is 0 Å². The minimum Gasteiger partial charge on any atom is -0.480 e. The van der Waals surface area contributed by atoms with Crippen LogP contribution in [0.25, 0.3) is 11.0 Å². The Morgan fingerprint density at radius 3 is 3.15 bits per heavy atom. The van der Waals surface area contributed by atoms with E-state index in [9.17, 15) is 0 Å². The first-order chi connectivity index (χ1) is 13.2. The summed E-state index contributed by atoms with van der Waals surface area (Å²) in [4.78, 5) is 10.7. The Hall–Kier alpha value is -3.54. The molecule has 0 radical (unpaired) electrons. The third-order valence-corrected chi connectivity index (χ3v) is 4.63. The Bertz CT molecular complexity index is 1010. The maximum Gasteiger partial charge on any atom is 0.236 e. The van der Waals surface area contributed by atoms with E-state index in [-0.39, 0.29) is 11.9 Å². The van der Waals surface area contributed by atoms with Gasteiger partial charge in [-0.1, -0.05) is 11.2 Å². The molecule has 3 aromatic rings.